The lowest BCUT2D eigenvalue weighted by atomic mass is 9.79. The van der Waals surface area contributed by atoms with Gasteiger partial charge in [0.25, 0.3) is 0 Å². The van der Waals surface area contributed by atoms with Gasteiger partial charge in [-0.1, -0.05) is 12.1 Å². The minimum absolute atomic E-state index is 0.102. The molecule has 0 spiro atoms. The van der Waals surface area contributed by atoms with Crippen LogP contribution >= 0.6 is 0 Å². The number of aromatic hydroxyl groups is 1. The van der Waals surface area contributed by atoms with Crippen molar-refractivity contribution in [1.29, 1.82) is 0 Å². The molecule has 0 amide bonds. The average Bonchev–Trinajstić information content (AvgIpc) is 2.23. The molecule has 84 valence electrons. The van der Waals surface area contributed by atoms with E-state index in [0.29, 0.717) is 5.56 Å². The third-order valence-electron chi connectivity index (χ3n) is 2.91. The molecule has 0 radical (unpaired) electrons. The van der Waals surface area contributed by atoms with E-state index in [4.69, 9.17) is 5.11 Å². The average molecular weight is 220 g/mol. The summed E-state index contributed by atoms with van der Waals surface area (Å²) >= 11 is 0. The number of hydrogen-bond acceptors (Lipinski definition) is 4. The molecule has 1 aliphatic carbocycles. The zero-order chi connectivity index (χ0) is 11.9. The maximum absolute atomic E-state index is 11.7. The molecule has 0 heterocycles. The maximum atomic E-state index is 11.7. The summed E-state index contributed by atoms with van der Waals surface area (Å²) in [7, 11) is 0. The van der Waals surface area contributed by atoms with Crippen molar-refractivity contribution >= 4 is 5.78 Å². The molecule has 3 N–H and O–H groups in total. The van der Waals surface area contributed by atoms with Gasteiger partial charge in [0.1, 0.15) is 11.4 Å². The number of hydrogen-bond donors (Lipinski definition) is 3. The minimum Gasteiger partial charge on any atom is -0.507 e. The number of aliphatic hydroxyl groups is 2. The second-order valence-electron chi connectivity index (χ2n) is 3.96. The number of phenols is 1. The van der Waals surface area contributed by atoms with Gasteiger partial charge in [-0.2, -0.15) is 0 Å². The van der Waals surface area contributed by atoms with Gasteiger partial charge >= 0.3 is 0 Å². The fourth-order valence-electron chi connectivity index (χ4n) is 1.95. The molecule has 4 nitrogen and oxygen atoms in total. The molecule has 0 fully saturated rings. The van der Waals surface area contributed by atoms with Crippen molar-refractivity contribution in [2.45, 2.75) is 12.5 Å². The SMILES string of the molecule is CC1(O)C(CO)=CC(=O)c2c(O)cccc21. The van der Waals surface area contributed by atoms with Crippen LogP contribution in [0.1, 0.15) is 22.8 Å². The van der Waals surface area contributed by atoms with Gasteiger partial charge in [-0.15, -0.1) is 0 Å². The highest BCUT2D eigenvalue weighted by Crippen LogP contribution is 2.38. The Morgan fingerprint density at radius 1 is 1.38 bits per heavy atom. The summed E-state index contributed by atoms with van der Waals surface area (Å²) < 4.78 is 0. The van der Waals surface area contributed by atoms with Gasteiger partial charge in [-0.05, 0) is 24.6 Å². The van der Waals surface area contributed by atoms with Crippen molar-refractivity contribution in [3.8, 4) is 5.75 Å². The second kappa shape index (κ2) is 3.43. The quantitative estimate of drug-likeness (QED) is 0.651. The van der Waals surface area contributed by atoms with Crippen LogP contribution in [-0.2, 0) is 5.60 Å². The summed E-state index contributed by atoms with van der Waals surface area (Å²) in [6.45, 7) is 1.09. The van der Waals surface area contributed by atoms with E-state index >= 15 is 0 Å². The number of phenolic OH excluding ortho intramolecular Hbond substituents is 1. The molecule has 1 aliphatic rings. The third-order valence-corrected chi connectivity index (χ3v) is 2.91. The second-order valence-corrected chi connectivity index (χ2v) is 3.96. The monoisotopic (exact) mass is 220 g/mol. The number of benzene rings is 1. The van der Waals surface area contributed by atoms with Crippen LogP contribution in [-0.4, -0.2) is 27.7 Å². The Kier molecular flexibility index (Phi) is 2.33. The lowest BCUT2D eigenvalue weighted by Gasteiger charge is -2.31. The number of fused-ring (bicyclic) bond motifs is 1. The molecule has 1 atom stereocenters. The molecule has 0 bridgehead atoms. The molecular formula is C12H12O4. The van der Waals surface area contributed by atoms with E-state index in [1.165, 1.54) is 19.1 Å². The molecule has 4 heteroatoms. The van der Waals surface area contributed by atoms with E-state index in [-0.39, 0.29) is 16.9 Å². The summed E-state index contributed by atoms with van der Waals surface area (Å²) in [6, 6.07) is 4.51. The summed E-state index contributed by atoms with van der Waals surface area (Å²) in [4.78, 5) is 11.7. The van der Waals surface area contributed by atoms with Crippen LogP contribution in [0.25, 0.3) is 0 Å². The Balaban J connectivity index is 2.72. The predicted octanol–water partition coefficient (Wildman–Crippen LogP) is 0.715. The van der Waals surface area contributed by atoms with Gasteiger partial charge in [0.15, 0.2) is 5.78 Å². The Morgan fingerprint density at radius 2 is 2.06 bits per heavy atom. The number of ketones is 1. The molecule has 16 heavy (non-hydrogen) atoms. The molecular weight excluding hydrogens is 208 g/mol. The van der Waals surface area contributed by atoms with Gasteiger partial charge in [-0.25, -0.2) is 0 Å². The van der Waals surface area contributed by atoms with Crippen LogP contribution in [0.3, 0.4) is 0 Å². The van der Waals surface area contributed by atoms with Crippen molar-refractivity contribution in [1.82, 2.24) is 0 Å². The first-order chi connectivity index (χ1) is 7.48. The number of allylic oxidation sites excluding steroid dienone is 1. The third kappa shape index (κ3) is 1.35. The highest BCUT2D eigenvalue weighted by Gasteiger charge is 2.37. The molecule has 0 aliphatic heterocycles. The lowest BCUT2D eigenvalue weighted by Crippen LogP contribution is -2.32. The first-order valence-electron chi connectivity index (χ1n) is 4.89. The van der Waals surface area contributed by atoms with Crippen LogP contribution in [0, 0.1) is 0 Å². The summed E-state index contributed by atoms with van der Waals surface area (Å²) in [5.74, 6) is -0.556. The highest BCUT2D eigenvalue weighted by molar-refractivity contribution is 6.09. The fourth-order valence-corrected chi connectivity index (χ4v) is 1.95. The topological polar surface area (TPSA) is 77.8 Å². The number of carbonyl (C=O) groups is 1. The number of rotatable bonds is 1. The van der Waals surface area contributed by atoms with Crippen LogP contribution < -0.4 is 0 Å². The zero-order valence-electron chi connectivity index (χ0n) is 8.77. The summed E-state index contributed by atoms with van der Waals surface area (Å²) in [5, 5.41) is 28.9. The first-order valence-corrected chi connectivity index (χ1v) is 4.89. The largest absolute Gasteiger partial charge is 0.507 e. The molecule has 1 aromatic rings. The van der Waals surface area contributed by atoms with Gasteiger partial charge < -0.3 is 15.3 Å². The predicted molar refractivity (Wildman–Crippen MR) is 57.2 cm³/mol. The van der Waals surface area contributed by atoms with E-state index in [1.807, 2.05) is 0 Å². The van der Waals surface area contributed by atoms with Crippen LogP contribution in [0.4, 0.5) is 0 Å². The van der Waals surface area contributed by atoms with Gasteiger partial charge in [0.05, 0.1) is 12.2 Å². The first kappa shape index (κ1) is 10.9. The summed E-state index contributed by atoms with van der Waals surface area (Å²) in [6.07, 6.45) is 1.17. The molecule has 0 aromatic heterocycles. The molecule has 0 saturated carbocycles. The van der Waals surface area contributed by atoms with E-state index in [1.54, 1.807) is 12.1 Å². The molecule has 0 saturated heterocycles. The van der Waals surface area contributed by atoms with Crippen molar-refractivity contribution in [2.75, 3.05) is 6.61 Å². The molecule has 1 aromatic carbocycles. The Labute approximate surface area is 92.5 Å². The van der Waals surface area contributed by atoms with E-state index in [2.05, 4.69) is 0 Å². The van der Waals surface area contributed by atoms with Gasteiger partial charge in [-0.3, -0.25) is 4.79 Å². The number of carbonyl (C=O) groups excluding carboxylic acids is 1. The van der Waals surface area contributed by atoms with E-state index in [0.717, 1.165) is 0 Å². The maximum Gasteiger partial charge on any atom is 0.190 e. The molecule has 2 rings (SSSR count). The van der Waals surface area contributed by atoms with Crippen LogP contribution in [0.15, 0.2) is 29.8 Å². The van der Waals surface area contributed by atoms with Crippen molar-refractivity contribution in [2.24, 2.45) is 0 Å². The van der Waals surface area contributed by atoms with Crippen molar-refractivity contribution in [3.63, 3.8) is 0 Å². The molecule has 1 unspecified atom stereocenters. The van der Waals surface area contributed by atoms with E-state index in [9.17, 15) is 15.0 Å². The fraction of sp³-hybridized carbons (Fsp3) is 0.250. The van der Waals surface area contributed by atoms with Crippen LogP contribution in [0.5, 0.6) is 5.75 Å². The minimum atomic E-state index is -1.42. The normalized spacial score (nSPS) is 23.9. The Bertz CT molecular complexity index is 486. The lowest BCUT2D eigenvalue weighted by molar-refractivity contribution is 0.0744. The van der Waals surface area contributed by atoms with Crippen molar-refractivity contribution in [3.05, 3.63) is 41.0 Å². The van der Waals surface area contributed by atoms with E-state index < -0.39 is 18.0 Å². The highest BCUT2D eigenvalue weighted by atomic mass is 16.3. The van der Waals surface area contributed by atoms with Gasteiger partial charge in [0.2, 0.25) is 0 Å². The number of aliphatic hydroxyl groups excluding tert-OH is 1. The Hall–Kier alpha value is -1.65. The summed E-state index contributed by atoms with van der Waals surface area (Å²) in [5.41, 5.74) is -0.763. The zero-order valence-corrected chi connectivity index (χ0v) is 8.77. The standard InChI is InChI=1S/C12H12O4/c1-12(16)7(6-13)5-10(15)11-8(12)3-2-4-9(11)14/h2-5,13-14,16H,6H2,1H3. The smallest absolute Gasteiger partial charge is 0.190 e. The van der Waals surface area contributed by atoms with Crippen molar-refractivity contribution < 1.29 is 20.1 Å². The Morgan fingerprint density at radius 3 is 2.69 bits per heavy atom. The van der Waals surface area contributed by atoms with Gasteiger partial charge in [0, 0.05) is 5.56 Å². The van der Waals surface area contributed by atoms with Crippen LogP contribution in [0.2, 0.25) is 0 Å².